The lowest BCUT2D eigenvalue weighted by atomic mass is 9.95. The molecule has 0 N–H and O–H groups in total. The number of ether oxygens (including phenoxy) is 1. The fraction of sp³-hybridized carbons (Fsp3) is 0.200. The van der Waals surface area contributed by atoms with Crippen LogP contribution < -0.4 is 4.74 Å². The van der Waals surface area contributed by atoms with Gasteiger partial charge in [-0.2, -0.15) is 0 Å². The first-order valence-electron chi connectivity index (χ1n) is 8.41. The molecule has 2 heterocycles. The number of hydrogen-bond donors (Lipinski definition) is 0. The molecule has 1 aliphatic heterocycles. The Balaban J connectivity index is 1.68. The molecule has 132 valence electrons. The van der Waals surface area contributed by atoms with Gasteiger partial charge in [0.2, 0.25) is 0 Å². The predicted molar refractivity (Wildman–Crippen MR) is 95.5 cm³/mol. The van der Waals surface area contributed by atoms with E-state index in [2.05, 4.69) is 10.1 Å². The van der Waals surface area contributed by atoms with E-state index in [9.17, 15) is 4.39 Å². The third kappa shape index (κ3) is 3.06. The van der Waals surface area contributed by atoms with Crippen LogP contribution in [0.5, 0.6) is 5.75 Å². The molecule has 6 heteroatoms. The van der Waals surface area contributed by atoms with Crippen LogP contribution in [0.15, 0.2) is 72.4 Å². The Labute approximate surface area is 150 Å². The third-order valence-electron chi connectivity index (χ3n) is 4.39. The molecular weight excluding hydrogens is 333 g/mol. The third-order valence-corrected chi connectivity index (χ3v) is 4.39. The van der Waals surface area contributed by atoms with Crippen LogP contribution in [0.3, 0.4) is 0 Å². The lowest BCUT2D eigenvalue weighted by Gasteiger charge is -2.33. The number of rotatable bonds is 4. The van der Waals surface area contributed by atoms with Crippen molar-refractivity contribution in [3.8, 4) is 5.75 Å². The van der Waals surface area contributed by atoms with Crippen LogP contribution in [-0.2, 0) is 11.4 Å². The molecule has 1 aliphatic rings. The van der Waals surface area contributed by atoms with Crippen molar-refractivity contribution in [2.45, 2.75) is 25.7 Å². The zero-order valence-electron chi connectivity index (χ0n) is 14.2. The molecule has 3 aromatic rings. The molecule has 1 aromatic heterocycles. The Morgan fingerprint density at radius 2 is 2.00 bits per heavy atom. The van der Waals surface area contributed by atoms with E-state index in [1.165, 1.54) is 6.07 Å². The van der Waals surface area contributed by atoms with E-state index in [0.29, 0.717) is 5.56 Å². The average Bonchev–Trinajstić information content (AvgIpc) is 3.17. The summed E-state index contributed by atoms with van der Waals surface area (Å²) in [5.74, 6) is 0.448. The standard InChI is InChI=1S/C20H18FN3O2/c1-14-20(24-11-10-22-13-24)19(16-7-3-5-9-18(16)26-14)23-25-12-15-6-2-4-8-17(15)21/h2-11,13-14,20H,12H2,1H3/b23-19-/t14-,20-/m0/s1. The van der Waals surface area contributed by atoms with Gasteiger partial charge in [-0.3, -0.25) is 0 Å². The summed E-state index contributed by atoms with van der Waals surface area (Å²) in [6.07, 6.45) is 5.15. The molecule has 0 saturated carbocycles. The van der Waals surface area contributed by atoms with Crippen LogP contribution in [0.1, 0.15) is 24.1 Å². The van der Waals surface area contributed by atoms with Crippen LogP contribution in [0, 0.1) is 5.82 Å². The number of para-hydroxylation sites is 1. The SMILES string of the molecule is C[C@@H]1Oc2ccccc2/C(=N/OCc2ccccc2F)[C@H]1n1ccnc1. The van der Waals surface area contributed by atoms with Gasteiger partial charge in [0.25, 0.3) is 0 Å². The van der Waals surface area contributed by atoms with Gasteiger partial charge in [0.05, 0.1) is 6.33 Å². The van der Waals surface area contributed by atoms with Gasteiger partial charge >= 0.3 is 0 Å². The maximum absolute atomic E-state index is 13.8. The van der Waals surface area contributed by atoms with Gasteiger partial charge in [-0.25, -0.2) is 9.37 Å². The fourth-order valence-electron chi connectivity index (χ4n) is 3.13. The monoisotopic (exact) mass is 351 g/mol. The quantitative estimate of drug-likeness (QED) is 0.669. The van der Waals surface area contributed by atoms with Crippen LogP contribution in [0.2, 0.25) is 0 Å². The molecule has 26 heavy (non-hydrogen) atoms. The smallest absolute Gasteiger partial charge is 0.145 e. The largest absolute Gasteiger partial charge is 0.487 e. The average molecular weight is 351 g/mol. The van der Waals surface area contributed by atoms with Crippen molar-refractivity contribution in [2.24, 2.45) is 5.16 Å². The summed E-state index contributed by atoms with van der Waals surface area (Å²) in [4.78, 5) is 9.66. The number of nitrogens with zero attached hydrogens (tertiary/aromatic N) is 3. The lowest BCUT2D eigenvalue weighted by Crippen LogP contribution is -2.37. The summed E-state index contributed by atoms with van der Waals surface area (Å²) in [6, 6.07) is 14.0. The van der Waals surface area contributed by atoms with Crippen LogP contribution in [0.4, 0.5) is 4.39 Å². The summed E-state index contributed by atoms with van der Waals surface area (Å²) in [5, 5.41) is 4.37. The molecule has 0 fully saturated rings. The molecule has 0 aliphatic carbocycles. The highest BCUT2D eigenvalue weighted by atomic mass is 19.1. The molecule has 0 amide bonds. The minimum Gasteiger partial charge on any atom is -0.487 e. The number of oxime groups is 1. The predicted octanol–water partition coefficient (Wildman–Crippen LogP) is 3.97. The second-order valence-corrected chi connectivity index (χ2v) is 6.12. The van der Waals surface area contributed by atoms with Crippen molar-refractivity contribution >= 4 is 5.71 Å². The Hall–Kier alpha value is -3.15. The first kappa shape index (κ1) is 16.3. The van der Waals surface area contributed by atoms with Gasteiger partial charge in [-0.1, -0.05) is 35.5 Å². The number of aromatic nitrogens is 2. The minimum atomic E-state index is -0.306. The van der Waals surface area contributed by atoms with E-state index in [1.54, 1.807) is 30.7 Å². The molecular formula is C20H18FN3O2. The van der Waals surface area contributed by atoms with Crippen molar-refractivity contribution in [3.05, 3.63) is 84.2 Å². The van der Waals surface area contributed by atoms with Crippen molar-refractivity contribution < 1.29 is 14.0 Å². The van der Waals surface area contributed by atoms with Gasteiger partial charge < -0.3 is 14.1 Å². The molecule has 0 radical (unpaired) electrons. The molecule has 5 nitrogen and oxygen atoms in total. The second kappa shape index (κ2) is 7.00. The van der Waals surface area contributed by atoms with Crippen molar-refractivity contribution in [3.63, 3.8) is 0 Å². The van der Waals surface area contributed by atoms with Crippen molar-refractivity contribution in [1.82, 2.24) is 9.55 Å². The zero-order chi connectivity index (χ0) is 17.9. The van der Waals surface area contributed by atoms with E-state index in [0.717, 1.165) is 17.0 Å². The Kier molecular flexibility index (Phi) is 4.39. The van der Waals surface area contributed by atoms with E-state index in [-0.39, 0.29) is 24.6 Å². The van der Waals surface area contributed by atoms with Crippen LogP contribution in [-0.4, -0.2) is 21.4 Å². The second-order valence-electron chi connectivity index (χ2n) is 6.12. The maximum atomic E-state index is 13.8. The normalized spacial score (nSPS) is 20.5. The summed E-state index contributed by atoms with van der Waals surface area (Å²) >= 11 is 0. The zero-order valence-corrected chi connectivity index (χ0v) is 14.2. The summed E-state index contributed by atoms with van der Waals surface area (Å²) in [7, 11) is 0. The van der Waals surface area contributed by atoms with E-state index >= 15 is 0 Å². The highest BCUT2D eigenvalue weighted by Gasteiger charge is 2.34. The molecule has 2 aromatic carbocycles. The number of halogens is 1. The van der Waals surface area contributed by atoms with Crippen LogP contribution >= 0.6 is 0 Å². The van der Waals surface area contributed by atoms with E-state index in [1.807, 2.05) is 42.0 Å². The number of imidazole rings is 1. The number of hydrogen-bond acceptors (Lipinski definition) is 4. The number of benzene rings is 2. The van der Waals surface area contributed by atoms with Gasteiger partial charge in [-0.05, 0) is 25.1 Å². The lowest BCUT2D eigenvalue weighted by molar-refractivity contribution is 0.119. The fourth-order valence-corrected chi connectivity index (χ4v) is 3.13. The minimum absolute atomic E-state index is 0.0597. The van der Waals surface area contributed by atoms with Gasteiger partial charge in [0, 0.05) is 23.5 Å². The summed E-state index contributed by atoms with van der Waals surface area (Å²) in [6.45, 7) is 2.04. The van der Waals surface area contributed by atoms with Crippen molar-refractivity contribution in [2.75, 3.05) is 0 Å². The molecule has 4 rings (SSSR count). The van der Waals surface area contributed by atoms with Gasteiger partial charge in [-0.15, -0.1) is 0 Å². The first-order chi connectivity index (χ1) is 12.7. The molecule has 0 bridgehead atoms. The molecule has 0 unspecified atom stereocenters. The molecule has 2 atom stereocenters. The topological polar surface area (TPSA) is 48.6 Å². The highest BCUT2D eigenvalue weighted by Crippen LogP contribution is 2.34. The molecule has 0 spiro atoms. The summed E-state index contributed by atoms with van der Waals surface area (Å²) in [5.41, 5.74) is 2.05. The van der Waals surface area contributed by atoms with Crippen LogP contribution in [0.25, 0.3) is 0 Å². The Bertz CT molecular complexity index is 924. The Morgan fingerprint density at radius 3 is 2.81 bits per heavy atom. The van der Waals surface area contributed by atoms with Gasteiger partial charge in [0.15, 0.2) is 0 Å². The maximum Gasteiger partial charge on any atom is 0.145 e. The van der Waals surface area contributed by atoms with E-state index < -0.39 is 0 Å². The summed E-state index contributed by atoms with van der Waals surface area (Å²) < 4.78 is 21.8. The number of fused-ring (bicyclic) bond motifs is 1. The molecule has 0 saturated heterocycles. The van der Waals surface area contributed by atoms with Crippen molar-refractivity contribution in [1.29, 1.82) is 0 Å². The highest BCUT2D eigenvalue weighted by molar-refractivity contribution is 6.06. The first-order valence-corrected chi connectivity index (χ1v) is 8.41. The Morgan fingerprint density at radius 1 is 1.19 bits per heavy atom. The van der Waals surface area contributed by atoms with Gasteiger partial charge in [0.1, 0.15) is 36.0 Å². The van der Waals surface area contributed by atoms with E-state index in [4.69, 9.17) is 9.57 Å².